The van der Waals surface area contributed by atoms with Gasteiger partial charge in [0.05, 0.1) is 120 Å². The summed E-state index contributed by atoms with van der Waals surface area (Å²) in [7, 11) is 0. The van der Waals surface area contributed by atoms with Gasteiger partial charge in [0.2, 0.25) is 5.95 Å². The lowest BCUT2D eigenvalue weighted by atomic mass is 10.2. The van der Waals surface area contributed by atoms with Gasteiger partial charge in [-0.3, -0.25) is 14.4 Å². The Morgan fingerprint density at radius 3 is 1.19 bits per heavy atom. The summed E-state index contributed by atoms with van der Waals surface area (Å²) in [6.45, 7) is 9.32. The van der Waals surface area contributed by atoms with E-state index in [-0.39, 0.29) is 0 Å². The largest absolute Gasteiger partial charge is 0.378 e. The van der Waals surface area contributed by atoms with Crippen LogP contribution in [0, 0.1) is 0 Å². The molecular weight excluding hydrogens is 1210 g/mol. The molecule has 12 aromatic rings. The van der Waals surface area contributed by atoms with Crippen LogP contribution in [0.5, 0.6) is 0 Å². The first kappa shape index (κ1) is 58.3. The van der Waals surface area contributed by atoms with E-state index < -0.39 is 17.7 Å². The SMILES string of the molecule is NC(=O)c1cc(-c2cnc(Nc3ccc(N4CCOCC4)cc3)c3ncnn23)cs1.NC(=O)c1cc(-c2cnc(Nc3ccc(N4CCOCC4)nc3)c3ncnn23)cs1.NC(=O)c1cc(-c2cnc(Nc3cnc(N4CCOCC4)nc3)c3ncnn23)cs1. The van der Waals surface area contributed by atoms with Gasteiger partial charge in [-0.05, 0) is 54.6 Å². The second-order valence-electron chi connectivity index (χ2n) is 20.1. The van der Waals surface area contributed by atoms with Gasteiger partial charge in [0.1, 0.15) is 24.8 Å². The molecule has 3 fully saturated rings. The number of aromatic nitrogens is 15. The predicted molar refractivity (Wildman–Crippen MR) is 339 cm³/mol. The zero-order valence-corrected chi connectivity index (χ0v) is 50.0. The Morgan fingerprint density at radius 1 is 0.411 bits per heavy atom. The van der Waals surface area contributed by atoms with E-state index in [0.717, 1.165) is 97.8 Å². The van der Waals surface area contributed by atoms with Crippen molar-refractivity contribution in [3.63, 3.8) is 0 Å². The van der Waals surface area contributed by atoms with E-state index in [4.69, 9.17) is 31.4 Å². The van der Waals surface area contributed by atoms with E-state index in [2.05, 4.69) is 103 Å². The average Bonchev–Trinajstić information content (AvgIpc) is 1.76. The number of primary amides is 3. The molecule has 11 aromatic heterocycles. The molecule has 0 radical (unpaired) electrons. The molecule has 14 heterocycles. The van der Waals surface area contributed by atoms with Crippen LogP contribution in [-0.2, 0) is 14.2 Å². The molecule has 3 amide bonds. The molecule has 9 N–H and O–H groups in total. The molecule has 1 aromatic carbocycles. The zero-order valence-electron chi connectivity index (χ0n) is 47.6. The summed E-state index contributed by atoms with van der Waals surface area (Å²) in [5.41, 5.74) is 25.9. The topological polar surface area (TPSA) is 371 Å². The first-order valence-corrected chi connectivity index (χ1v) is 30.6. The predicted octanol–water partition coefficient (Wildman–Crippen LogP) is 5.78. The second kappa shape index (κ2) is 26.3. The smallest absolute Gasteiger partial charge is 0.258 e. The average molecular weight is 1270 g/mol. The minimum absolute atomic E-state index is 0.451. The quantitative estimate of drug-likeness (QED) is 0.0708. The molecule has 0 bridgehead atoms. The fourth-order valence-corrected chi connectivity index (χ4v) is 12.1. The van der Waals surface area contributed by atoms with Crippen LogP contribution in [0.2, 0.25) is 0 Å². The number of hydrogen-bond acceptors (Lipinski definition) is 27. The Bertz CT molecular complexity index is 4040. The fourth-order valence-electron chi connectivity index (χ4n) is 9.85. The normalized spacial score (nSPS) is 14.2. The van der Waals surface area contributed by atoms with E-state index >= 15 is 0 Å². The molecule has 33 heteroatoms. The number of carbonyl (C=O) groups is 3. The Kier molecular flexibility index (Phi) is 17.1. The van der Waals surface area contributed by atoms with Crippen LogP contribution in [0.3, 0.4) is 0 Å². The summed E-state index contributed by atoms with van der Waals surface area (Å²) >= 11 is 3.85. The van der Waals surface area contributed by atoms with E-state index in [1.807, 2.05) is 40.4 Å². The van der Waals surface area contributed by atoms with Crippen molar-refractivity contribution in [3.05, 3.63) is 142 Å². The maximum absolute atomic E-state index is 11.4. The van der Waals surface area contributed by atoms with Crippen LogP contribution >= 0.6 is 34.0 Å². The Hall–Kier alpha value is -10.7. The van der Waals surface area contributed by atoms with Gasteiger partial charge in [-0.15, -0.1) is 34.0 Å². The van der Waals surface area contributed by atoms with Gasteiger partial charge in [0.25, 0.3) is 17.7 Å². The number of ether oxygens (including phenoxy) is 3. The zero-order chi connectivity index (χ0) is 61.5. The minimum atomic E-state index is -0.465. The molecule has 0 spiro atoms. The highest BCUT2D eigenvalue weighted by molar-refractivity contribution is 7.13. The monoisotopic (exact) mass is 1270 g/mol. The first-order chi connectivity index (χ1) is 44.1. The Morgan fingerprint density at radius 2 is 0.789 bits per heavy atom. The molecule has 30 nitrogen and oxygen atoms in total. The van der Waals surface area contributed by atoms with Crippen molar-refractivity contribution in [1.82, 2.24) is 73.7 Å². The third kappa shape index (κ3) is 12.8. The number of nitrogens with zero attached hydrogens (tertiary/aromatic N) is 18. The number of benzene rings is 1. The van der Waals surface area contributed by atoms with E-state index in [0.29, 0.717) is 92.8 Å². The van der Waals surface area contributed by atoms with Gasteiger partial charge in [-0.1, -0.05) is 0 Å². The third-order valence-electron chi connectivity index (χ3n) is 14.4. The molecule has 90 heavy (non-hydrogen) atoms. The van der Waals surface area contributed by atoms with Crippen LogP contribution in [0.4, 0.5) is 52.0 Å². The summed E-state index contributed by atoms with van der Waals surface area (Å²) in [5.74, 6) is 1.89. The van der Waals surface area contributed by atoms with Crippen molar-refractivity contribution in [2.24, 2.45) is 17.2 Å². The number of anilines is 9. The molecule has 0 unspecified atom stereocenters. The summed E-state index contributed by atoms with van der Waals surface area (Å²) < 4.78 is 21.2. The highest BCUT2D eigenvalue weighted by Crippen LogP contribution is 2.32. The number of morpholine rings is 3. The van der Waals surface area contributed by atoms with E-state index in [1.54, 1.807) is 68.9 Å². The molecule has 3 aliphatic heterocycles. The van der Waals surface area contributed by atoms with E-state index in [1.165, 1.54) is 58.7 Å². The first-order valence-electron chi connectivity index (χ1n) is 28.0. The number of fused-ring (bicyclic) bond motifs is 3. The standard InChI is InChI=1S/C20H19N7O2S.C19H18N8O2S.C18H17N9O2S/c21-18(28)17-9-13(11-30-17)16-10-22-19(20-23-12-24-27(16)20)25-14-1-3-15(4-2-14)26-5-7-29-8-6-26;20-17(28)15-7-12(10-30-15)14-9-22-18(19-23-11-24-27(14)19)25-13-1-2-16(21-8-13)26-3-5-29-6-4-26;19-15(28)14-5-11(9-30-14)13-8-20-16(17-23-10-24-27(13)17)25-12-6-21-18(22-7-12)26-1-3-29-4-2-26/h1-4,9-12H,5-8H2,(H2,21,28)(H,22,25);1-2,7-11H,3-6H2,(H2,20,28)(H,22,25);5-10H,1-4H2,(H2,19,28)(H,20,25). The molecule has 0 aliphatic carbocycles. The van der Waals surface area contributed by atoms with Crippen LogP contribution in [0.15, 0.2) is 127 Å². The fraction of sp³-hybridized carbons (Fsp3) is 0.211. The molecule has 0 saturated carbocycles. The molecule has 0 atom stereocenters. The van der Waals surface area contributed by atoms with Gasteiger partial charge >= 0.3 is 0 Å². The number of carbonyl (C=O) groups excluding carboxylic acids is 3. The summed E-state index contributed by atoms with van der Waals surface area (Å²) in [4.78, 5) is 82.2. The maximum atomic E-state index is 11.4. The summed E-state index contributed by atoms with van der Waals surface area (Å²) in [6, 6.07) is 17.3. The number of pyridine rings is 1. The number of rotatable bonds is 15. The molecular formula is C57H54N24O6S3. The van der Waals surface area contributed by atoms with Crippen LogP contribution in [0.25, 0.3) is 50.7 Å². The third-order valence-corrected chi connectivity index (χ3v) is 17.2. The summed E-state index contributed by atoms with van der Waals surface area (Å²) in [5, 5.41) is 28.2. The number of amides is 3. The van der Waals surface area contributed by atoms with E-state index in [9.17, 15) is 14.4 Å². The lowest BCUT2D eigenvalue weighted by molar-refractivity contribution is 0.0995. The maximum Gasteiger partial charge on any atom is 0.258 e. The second-order valence-corrected chi connectivity index (χ2v) is 22.8. The van der Waals surface area contributed by atoms with Crippen LogP contribution in [-0.4, -0.2) is 170 Å². The number of thiophene rings is 3. The lowest BCUT2D eigenvalue weighted by Crippen LogP contribution is -2.37. The molecule has 3 saturated heterocycles. The molecule has 3 aliphatic rings. The summed E-state index contributed by atoms with van der Waals surface area (Å²) in [6.07, 6.45) is 14.6. The van der Waals surface area contributed by atoms with Crippen LogP contribution < -0.4 is 47.9 Å². The van der Waals surface area contributed by atoms with Crippen molar-refractivity contribution in [3.8, 4) is 33.8 Å². The minimum Gasteiger partial charge on any atom is -0.378 e. The number of nitrogens with two attached hydrogens (primary N) is 3. The Balaban J connectivity index is 0.000000124. The van der Waals surface area contributed by atoms with Crippen LogP contribution in [0.1, 0.15) is 29.0 Å². The highest BCUT2D eigenvalue weighted by atomic mass is 32.1. The Labute approximate surface area is 522 Å². The lowest BCUT2D eigenvalue weighted by Gasteiger charge is -2.28. The highest BCUT2D eigenvalue weighted by Gasteiger charge is 2.21. The number of nitrogens with one attached hydrogen (secondary N) is 3. The van der Waals surface area contributed by atoms with Crippen molar-refractivity contribution in [1.29, 1.82) is 0 Å². The van der Waals surface area contributed by atoms with Crippen molar-refractivity contribution < 1.29 is 28.6 Å². The molecule has 456 valence electrons. The van der Waals surface area contributed by atoms with Gasteiger partial charge < -0.3 is 62.1 Å². The van der Waals surface area contributed by atoms with Crippen molar-refractivity contribution >= 4 is 121 Å². The van der Waals surface area contributed by atoms with Gasteiger partial charge in [0, 0.05) is 83.5 Å². The number of hydrogen-bond donors (Lipinski definition) is 6. The van der Waals surface area contributed by atoms with Crippen molar-refractivity contribution in [2.75, 3.05) is 110 Å². The van der Waals surface area contributed by atoms with Gasteiger partial charge in [-0.25, -0.2) is 58.4 Å². The van der Waals surface area contributed by atoms with Gasteiger partial charge in [-0.2, -0.15) is 15.3 Å². The molecule has 15 rings (SSSR count). The van der Waals surface area contributed by atoms with Crippen molar-refractivity contribution in [2.45, 2.75) is 0 Å². The van der Waals surface area contributed by atoms with Gasteiger partial charge in [0.15, 0.2) is 34.4 Å².